The summed E-state index contributed by atoms with van der Waals surface area (Å²) in [6, 6.07) is 10.9. The SMILES string of the molecule is COc1ccc(OC)c(C(C)NC(=O)c2cccc(S(=O)(=O)N(C)C)c2)c1. The highest BCUT2D eigenvalue weighted by molar-refractivity contribution is 7.89. The van der Waals surface area contributed by atoms with E-state index in [0.29, 0.717) is 11.5 Å². The van der Waals surface area contributed by atoms with Gasteiger partial charge >= 0.3 is 0 Å². The summed E-state index contributed by atoms with van der Waals surface area (Å²) in [5, 5.41) is 2.86. The lowest BCUT2D eigenvalue weighted by atomic mass is 10.1. The number of nitrogens with one attached hydrogen (secondary N) is 1. The Balaban J connectivity index is 2.28. The molecule has 0 aliphatic heterocycles. The molecular formula is C19H24N2O5S. The highest BCUT2D eigenvalue weighted by Gasteiger charge is 2.20. The van der Waals surface area contributed by atoms with Crippen molar-refractivity contribution in [3.63, 3.8) is 0 Å². The van der Waals surface area contributed by atoms with Crippen molar-refractivity contribution < 1.29 is 22.7 Å². The maximum Gasteiger partial charge on any atom is 0.251 e. The number of sulfonamides is 1. The molecule has 1 atom stereocenters. The van der Waals surface area contributed by atoms with Crippen LogP contribution in [0.3, 0.4) is 0 Å². The van der Waals surface area contributed by atoms with Gasteiger partial charge in [0.05, 0.1) is 25.2 Å². The molecule has 0 spiro atoms. The first-order valence-corrected chi connectivity index (χ1v) is 9.70. The normalized spacial score (nSPS) is 12.5. The van der Waals surface area contributed by atoms with Crippen LogP contribution >= 0.6 is 0 Å². The smallest absolute Gasteiger partial charge is 0.251 e. The molecule has 2 aromatic carbocycles. The fourth-order valence-corrected chi connectivity index (χ4v) is 3.49. The standard InChI is InChI=1S/C19H24N2O5S/c1-13(17-12-15(25-4)9-10-18(17)26-5)20-19(22)14-7-6-8-16(11-14)27(23,24)21(2)3/h6-13H,1-5H3,(H,20,22). The van der Waals surface area contributed by atoms with E-state index < -0.39 is 10.0 Å². The molecule has 0 aromatic heterocycles. The lowest BCUT2D eigenvalue weighted by Crippen LogP contribution is -2.27. The van der Waals surface area contributed by atoms with E-state index in [4.69, 9.17) is 9.47 Å². The summed E-state index contributed by atoms with van der Waals surface area (Å²) in [4.78, 5) is 12.7. The molecule has 0 aliphatic carbocycles. The van der Waals surface area contributed by atoms with Crippen molar-refractivity contribution in [3.8, 4) is 11.5 Å². The van der Waals surface area contributed by atoms with Crippen LogP contribution in [-0.2, 0) is 10.0 Å². The van der Waals surface area contributed by atoms with Crippen LogP contribution < -0.4 is 14.8 Å². The Bertz CT molecular complexity index is 925. The fourth-order valence-electron chi connectivity index (χ4n) is 2.54. The van der Waals surface area contributed by atoms with Crippen LogP contribution in [0.1, 0.15) is 28.9 Å². The third-order valence-corrected chi connectivity index (χ3v) is 5.94. The zero-order valence-electron chi connectivity index (χ0n) is 16.0. The fraction of sp³-hybridized carbons (Fsp3) is 0.316. The van der Waals surface area contributed by atoms with Gasteiger partial charge in [0.15, 0.2) is 0 Å². The molecule has 0 heterocycles. The van der Waals surface area contributed by atoms with Gasteiger partial charge in [-0.3, -0.25) is 4.79 Å². The molecule has 0 radical (unpaired) electrons. The maximum atomic E-state index is 12.6. The van der Waals surface area contributed by atoms with Crippen molar-refractivity contribution >= 4 is 15.9 Å². The number of carbonyl (C=O) groups excluding carboxylic acids is 1. The molecule has 27 heavy (non-hydrogen) atoms. The van der Waals surface area contributed by atoms with Gasteiger partial charge in [-0.05, 0) is 43.3 Å². The Hall–Kier alpha value is -2.58. The second-order valence-corrected chi connectivity index (χ2v) is 8.27. The Morgan fingerprint density at radius 1 is 1.07 bits per heavy atom. The van der Waals surface area contributed by atoms with Gasteiger partial charge in [-0.15, -0.1) is 0 Å². The number of amides is 1. The molecule has 146 valence electrons. The summed E-state index contributed by atoms with van der Waals surface area (Å²) >= 11 is 0. The third-order valence-electron chi connectivity index (χ3n) is 4.13. The molecular weight excluding hydrogens is 368 g/mol. The van der Waals surface area contributed by atoms with Crippen LogP contribution in [0.2, 0.25) is 0 Å². The second kappa shape index (κ2) is 8.41. The molecule has 0 bridgehead atoms. The highest BCUT2D eigenvalue weighted by Crippen LogP contribution is 2.29. The van der Waals surface area contributed by atoms with Gasteiger partial charge in [0.1, 0.15) is 11.5 Å². The van der Waals surface area contributed by atoms with Gasteiger partial charge < -0.3 is 14.8 Å². The van der Waals surface area contributed by atoms with E-state index in [9.17, 15) is 13.2 Å². The monoisotopic (exact) mass is 392 g/mol. The minimum absolute atomic E-state index is 0.0618. The van der Waals surface area contributed by atoms with E-state index in [1.165, 1.54) is 26.2 Å². The predicted molar refractivity (Wildman–Crippen MR) is 103 cm³/mol. The second-order valence-electron chi connectivity index (χ2n) is 6.12. The Labute approximate surface area is 160 Å². The summed E-state index contributed by atoms with van der Waals surface area (Å²) in [5.41, 5.74) is 1.01. The molecule has 1 amide bonds. The zero-order valence-corrected chi connectivity index (χ0v) is 16.8. The van der Waals surface area contributed by atoms with Crippen molar-refractivity contribution in [1.82, 2.24) is 9.62 Å². The summed E-state index contributed by atoms with van der Waals surface area (Å²) in [5.74, 6) is 0.877. The summed E-state index contributed by atoms with van der Waals surface area (Å²) < 4.78 is 36.2. The number of ether oxygens (including phenoxy) is 2. The van der Waals surface area contributed by atoms with Crippen LogP contribution in [0, 0.1) is 0 Å². The molecule has 8 heteroatoms. The van der Waals surface area contributed by atoms with E-state index >= 15 is 0 Å². The lowest BCUT2D eigenvalue weighted by Gasteiger charge is -2.18. The molecule has 1 N–H and O–H groups in total. The number of hydrogen-bond acceptors (Lipinski definition) is 5. The van der Waals surface area contributed by atoms with E-state index in [-0.39, 0.29) is 22.4 Å². The number of hydrogen-bond donors (Lipinski definition) is 1. The average molecular weight is 392 g/mol. The lowest BCUT2D eigenvalue weighted by molar-refractivity contribution is 0.0939. The van der Waals surface area contributed by atoms with Gasteiger partial charge in [-0.2, -0.15) is 0 Å². The van der Waals surface area contributed by atoms with Crippen LogP contribution in [0.25, 0.3) is 0 Å². The summed E-state index contributed by atoms with van der Waals surface area (Å²) in [6.45, 7) is 1.82. The zero-order chi connectivity index (χ0) is 20.2. The minimum Gasteiger partial charge on any atom is -0.497 e. The van der Waals surface area contributed by atoms with Crippen molar-refractivity contribution in [2.75, 3.05) is 28.3 Å². The number of rotatable bonds is 7. The predicted octanol–water partition coefficient (Wildman–Crippen LogP) is 2.45. The van der Waals surface area contributed by atoms with E-state index in [1.807, 2.05) is 6.92 Å². The quantitative estimate of drug-likeness (QED) is 0.782. The van der Waals surface area contributed by atoms with Gasteiger partial charge in [0, 0.05) is 25.2 Å². The van der Waals surface area contributed by atoms with Crippen LogP contribution in [0.4, 0.5) is 0 Å². The Morgan fingerprint density at radius 3 is 2.37 bits per heavy atom. The van der Waals surface area contributed by atoms with E-state index in [0.717, 1.165) is 9.87 Å². The average Bonchev–Trinajstić information content (AvgIpc) is 2.67. The number of carbonyl (C=O) groups is 1. The van der Waals surface area contributed by atoms with Crippen molar-refractivity contribution in [1.29, 1.82) is 0 Å². The van der Waals surface area contributed by atoms with Gasteiger partial charge in [-0.1, -0.05) is 6.07 Å². The van der Waals surface area contributed by atoms with E-state index in [1.54, 1.807) is 44.6 Å². The van der Waals surface area contributed by atoms with Crippen LogP contribution in [0.15, 0.2) is 47.4 Å². The summed E-state index contributed by atoms with van der Waals surface area (Å²) in [6.07, 6.45) is 0. The van der Waals surface area contributed by atoms with Gasteiger partial charge in [0.2, 0.25) is 10.0 Å². The first-order valence-electron chi connectivity index (χ1n) is 8.26. The molecule has 0 saturated heterocycles. The van der Waals surface area contributed by atoms with Crippen molar-refractivity contribution in [2.24, 2.45) is 0 Å². The Morgan fingerprint density at radius 2 is 1.78 bits per heavy atom. The van der Waals surface area contributed by atoms with Gasteiger partial charge in [0.25, 0.3) is 5.91 Å². The first kappa shape index (κ1) is 20.7. The highest BCUT2D eigenvalue weighted by atomic mass is 32.2. The number of methoxy groups -OCH3 is 2. The molecule has 0 saturated carbocycles. The number of nitrogens with zero attached hydrogens (tertiary/aromatic N) is 1. The minimum atomic E-state index is -3.62. The number of benzene rings is 2. The van der Waals surface area contributed by atoms with Crippen molar-refractivity contribution in [2.45, 2.75) is 17.9 Å². The molecule has 1 unspecified atom stereocenters. The molecule has 2 rings (SSSR count). The molecule has 0 fully saturated rings. The van der Waals surface area contributed by atoms with Gasteiger partial charge in [-0.25, -0.2) is 12.7 Å². The maximum absolute atomic E-state index is 12.6. The molecule has 7 nitrogen and oxygen atoms in total. The van der Waals surface area contributed by atoms with E-state index in [2.05, 4.69) is 5.32 Å². The Kier molecular flexibility index (Phi) is 6.45. The molecule has 2 aromatic rings. The molecule has 0 aliphatic rings. The topological polar surface area (TPSA) is 84.9 Å². The van der Waals surface area contributed by atoms with Crippen LogP contribution in [-0.4, -0.2) is 46.9 Å². The van der Waals surface area contributed by atoms with Crippen LogP contribution in [0.5, 0.6) is 11.5 Å². The first-order chi connectivity index (χ1) is 12.7. The third kappa shape index (κ3) is 4.58. The largest absolute Gasteiger partial charge is 0.497 e. The van der Waals surface area contributed by atoms with Crippen molar-refractivity contribution in [3.05, 3.63) is 53.6 Å². The summed E-state index contributed by atoms with van der Waals surface area (Å²) in [7, 11) is 2.38.